The van der Waals surface area contributed by atoms with Crippen molar-refractivity contribution in [2.45, 2.75) is 27.7 Å². The normalized spacial score (nSPS) is 11.0. The summed E-state index contributed by atoms with van der Waals surface area (Å²) >= 11 is 0.929. The van der Waals surface area contributed by atoms with E-state index in [2.05, 4.69) is 183 Å². The molecule has 14 aromatic rings. The molecule has 0 aliphatic carbocycles. The molecule has 0 saturated carbocycles. The molecule has 0 fully saturated rings. The van der Waals surface area contributed by atoms with Crippen molar-refractivity contribution >= 4 is 76.7 Å². The Morgan fingerprint density at radius 3 is 0.625 bits per heavy atom. The minimum atomic E-state index is -4.67. The van der Waals surface area contributed by atoms with E-state index in [4.69, 9.17) is 67.2 Å². The molecule has 6 N–H and O–H groups in total. The number of aromatic nitrogens is 8. The smallest absolute Gasteiger partial charge is 0.394 e. The molecule has 0 bridgehead atoms. The third-order valence-corrected chi connectivity index (χ3v) is 14.6. The molecule has 0 spiro atoms. The standard InChI is InChI=1S/2C36H26N4.2CH4O3S.H2O4S.H2O/c2*1-23-13-19-29-31(21-23)39-33(25-9-5-3-6-10-25)35(37-29)27-15-17-28(18-16-27)36-34(26-11-7-4-8-12-26)40-32-22-24(2)14-20-30(32)38-36;1-5(2,3)4;1-5-4-3-2;1-5(2,3)4;/h2*3-22H,1-2H3;1H3,(H,2,3,4);2H,1H3;(H2,1,2,3,4);1H2. The number of hydrogen-bond acceptors (Lipinski definition) is 16. The first kappa shape index (κ1) is 69.9. The van der Waals surface area contributed by atoms with Crippen molar-refractivity contribution in [1.29, 1.82) is 0 Å². The fraction of sp³-hybridized carbons (Fsp3) is 0.0811. The van der Waals surface area contributed by atoms with Gasteiger partial charge in [0, 0.05) is 62.8 Å². The van der Waals surface area contributed by atoms with Gasteiger partial charge in [-0.3, -0.25) is 13.7 Å². The second-order valence-corrected chi connectivity index (χ2v) is 24.6. The summed E-state index contributed by atoms with van der Waals surface area (Å²) in [5, 5.41) is 10.5. The monoisotopic (exact) mass is 1340 g/mol. The van der Waals surface area contributed by atoms with Crippen LogP contribution in [0.25, 0.3) is 134 Å². The van der Waals surface area contributed by atoms with Gasteiger partial charge in [-0.15, -0.1) is 4.33 Å². The van der Waals surface area contributed by atoms with E-state index in [1.54, 1.807) is 6.26 Å². The number of fused-ring (bicyclic) bond motifs is 4. The van der Waals surface area contributed by atoms with Crippen molar-refractivity contribution in [1.82, 2.24) is 39.9 Å². The van der Waals surface area contributed by atoms with Gasteiger partial charge in [-0.2, -0.15) is 16.8 Å². The Hall–Kier alpha value is -10.5. The molecule has 10 aromatic carbocycles. The second-order valence-electron chi connectivity index (χ2n) is 21.8. The Morgan fingerprint density at radius 2 is 0.469 bits per heavy atom. The Balaban J connectivity index is 0.000000185. The van der Waals surface area contributed by atoms with Gasteiger partial charge < -0.3 is 5.48 Å². The molecule has 14 rings (SSSR count). The molecular weight excluding hydrogens is 1270 g/mol. The first-order valence-corrected chi connectivity index (χ1v) is 33.8. The van der Waals surface area contributed by atoms with Gasteiger partial charge in [0.25, 0.3) is 10.1 Å². The molecule has 19 nitrogen and oxygen atoms in total. The molecular formula is C74H64N8O11S3. The number of aryl methyl sites for hydroxylation is 4. The maximum atomic E-state index is 9.19. The summed E-state index contributed by atoms with van der Waals surface area (Å²) in [6.45, 7) is 8.32. The van der Waals surface area contributed by atoms with Crippen LogP contribution in [-0.4, -0.2) is 93.6 Å². The van der Waals surface area contributed by atoms with Crippen LogP contribution < -0.4 is 0 Å². The van der Waals surface area contributed by atoms with Crippen LogP contribution in [0.1, 0.15) is 22.3 Å². The molecule has 0 unspecified atom stereocenters. The van der Waals surface area contributed by atoms with Crippen molar-refractivity contribution in [3.63, 3.8) is 0 Å². The summed E-state index contributed by atoms with van der Waals surface area (Å²) in [6, 6.07) is 82.8. The van der Waals surface area contributed by atoms with Crippen LogP contribution in [-0.2, 0) is 29.9 Å². The number of nitrogens with zero attached hydrogens (tertiary/aromatic N) is 8. The van der Waals surface area contributed by atoms with E-state index in [1.807, 2.05) is 97.1 Å². The Labute approximate surface area is 559 Å². The highest BCUT2D eigenvalue weighted by molar-refractivity contribution is 7.93. The molecule has 0 aliphatic heterocycles. The number of hydrogen-bond donors (Lipinski definition) is 4. The Morgan fingerprint density at radius 1 is 0.302 bits per heavy atom. The van der Waals surface area contributed by atoms with E-state index in [0.717, 1.165) is 146 Å². The lowest BCUT2D eigenvalue weighted by Gasteiger charge is -2.13. The Bertz CT molecular complexity index is 4610. The topological polar surface area (TPSA) is 302 Å². The molecule has 96 heavy (non-hydrogen) atoms. The van der Waals surface area contributed by atoms with Crippen LogP contribution in [0.3, 0.4) is 0 Å². The zero-order valence-electron chi connectivity index (χ0n) is 52.6. The predicted molar refractivity (Wildman–Crippen MR) is 381 cm³/mol. The molecule has 0 amide bonds. The SMILES string of the molecule is CS(=O)(=O)O.CSOOO.Cc1ccc2nc(-c3ccc(-c4nc5ccc(C)cc5nc4-c4ccccc4)cc3)c(-c3ccccc3)nc2c1.Cc1ccc2nc(-c3ccc(-c4nc5ccc(C)cc5nc4-c4ccccc4)cc3)c(-c3ccccc3)nc2c1.O.O=S(=O)(O)O. The van der Waals surface area contributed by atoms with Crippen molar-refractivity contribution in [2.24, 2.45) is 0 Å². The van der Waals surface area contributed by atoms with Gasteiger partial charge in [0.1, 0.15) is 0 Å². The highest BCUT2D eigenvalue weighted by Gasteiger charge is 2.20. The maximum absolute atomic E-state index is 9.19. The van der Waals surface area contributed by atoms with Crippen LogP contribution in [0.5, 0.6) is 0 Å². The molecule has 0 saturated heterocycles. The van der Waals surface area contributed by atoms with Gasteiger partial charge in [0.15, 0.2) is 0 Å². The van der Waals surface area contributed by atoms with E-state index < -0.39 is 20.5 Å². The molecule has 0 radical (unpaired) electrons. The highest BCUT2D eigenvalue weighted by Crippen LogP contribution is 2.38. The average molecular weight is 1340 g/mol. The lowest BCUT2D eigenvalue weighted by Crippen LogP contribution is -1.97. The van der Waals surface area contributed by atoms with Crippen LogP contribution in [0.2, 0.25) is 0 Å². The minimum absolute atomic E-state index is 0. The zero-order chi connectivity index (χ0) is 67.2. The van der Waals surface area contributed by atoms with Crippen molar-refractivity contribution < 1.29 is 50.6 Å². The molecule has 4 heterocycles. The summed E-state index contributed by atoms with van der Waals surface area (Å²) in [6.07, 6.45) is 2.34. The maximum Gasteiger partial charge on any atom is 0.394 e. The molecule has 0 aliphatic rings. The van der Waals surface area contributed by atoms with E-state index in [-0.39, 0.29) is 5.48 Å². The van der Waals surface area contributed by atoms with E-state index >= 15 is 0 Å². The van der Waals surface area contributed by atoms with Crippen molar-refractivity contribution in [3.05, 3.63) is 265 Å². The fourth-order valence-electron chi connectivity index (χ4n) is 10.3. The summed E-state index contributed by atoms with van der Waals surface area (Å²) in [5.41, 5.74) is 26.9. The van der Waals surface area contributed by atoms with Gasteiger partial charge in [-0.05, 0) is 98.5 Å². The van der Waals surface area contributed by atoms with E-state index in [1.165, 1.54) is 22.3 Å². The van der Waals surface area contributed by atoms with Crippen LogP contribution in [0.4, 0.5) is 0 Å². The fourth-order valence-corrected chi connectivity index (χ4v) is 10.3. The quantitative estimate of drug-likeness (QED) is 0.0428. The van der Waals surface area contributed by atoms with Gasteiger partial charge in [0.2, 0.25) is 0 Å². The largest absolute Gasteiger partial charge is 0.412 e. The third-order valence-electron chi connectivity index (χ3n) is 14.4. The van der Waals surface area contributed by atoms with Gasteiger partial charge in [0.05, 0.1) is 95.9 Å². The van der Waals surface area contributed by atoms with Gasteiger partial charge in [-0.25, -0.2) is 45.1 Å². The highest BCUT2D eigenvalue weighted by atomic mass is 32.3. The van der Waals surface area contributed by atoms with Crippen molar-refractivity contribution in [3.8, 4) is 90.1 Å². The molecule has 0 atom stereocenters. The zero-order valence-corrected chi connectivity index (χ0v) is 55.1. The second kappa shape index (κ2) is 31.6. The number of benzene rings is 10. The van der Waals surface area contributed by atoms with Gasteiger partial charge in [-0.1, -0.05) is 199 Å². The van der Waals surface area contributed by atoms with Crippen molar-refractivity contribution in [2.75, 3.05) is 12.5 Å². The lowest BCUT2D eigenvalue weighted by molar-refractivity contribution is -0.432. The minimum Gasteiger partial charge on any atom is -0.412 e. The van der Waals surface area contributed by atoms with Gasteiger partial charge >= 0.3 is 10.4 Å². The summed E-state index contributed by atoms with van der Waals surface area (Å²) in [4.78, 5) is 40.7. The molecule has 22 heteroatoms. The predicted octanol–water partition coefficient (Wildman–Crippen LogP) is 16.4. The van der Waals surface area contributed by atoms with E-state index in [9.17, 15) is 8.42 Å². The summed E-state index contributed by atoms with van der Waals surface area (Å²) < 4.78 is 61.3. The first-order valence-electron chi connectivity index (χ1n) is 29.4. The summed E-state index contributed by atoms with van der Waals surface area (Å²) in [7, 11) is -8.33. The molecule has 4 aromatic heterocycles. The van der Waals surface area contributed by atoms with Crippen LogP contribution >= 0.6 is 12.0 Å². The Kier molecular flexibility index (Phi) is 23.0. The van der Waals surface area contributed by atoms with E-state index in [0.29, 0.717) is 6.26 Å². The first-order chi connectivity index (χ1) is 45.7. The van der Waals surface area contributed by atoms with Crippen LogP contribution in [0, 0.1) is 27.7 Å². The average Bonchev–Trinajstić information content (AvgIpc) is 0.786. The molecule has 484 valence electrons. The third kappa shape index (κ3) is 18.5. The lowest BCUT2D eigenvalue weighted by atomic mass is 9.99. The number of rotatable bonds is 10. The van der Waals surface area contributed by atoms with Crippen LogP contribution in [0.15, 0.2) is 243 Å². The summed E-state index contributed by atoms with van der Waals surface area (Å²) in [5.74, 6) is 0.